The van der Waals surface area contributed by atoms with Gasteiger partial charge in [0.05, 0.1) is 30.5 Å². The van der Waals surface area contributed by atoms with Crippen LogP contribution in [0.1, 0.15) is 0 Å². The molecule has 0 aliphatic rings. The maximum atomic E-state index is 13.1. The molecule has 0 fully saturated rings. The topological polar surface area (TPSA) is 102 Å². The fraction of sp³-hybridized carbons (Fsp3) is 0.400. The molecule has 6 nitrogen and oxygen atoms in total. The Bertz CT molecular complexity index is 539. The van der Waals surface area contributed by atoms with Gasteiger partial charge >= 0.3 is 0 Å². The summed E-state index contributed by atoms with van der Waals surface area (Å²) < 4.78 is 43.9. The summed E-state index contributed by atoms with van der Waals surface area (Å²) in [5, 5.41) is 8.21. The second kappa shape index (κ2) is 7.01. The monoisotopic (exact) mass is 312 g/mol. The van der Waals surface area contributed by atoms with Gasteiger partial charge in [0.1, 0.15) is 10.7 Å². The zero-order chi connectivity index (χ0) is 14.5. The van der Waals surface area contributed by atoms with E-state index in [2.05, 4.69) is 4.72 Å². The lowest BCUT2D eigenvalue weighted by Crippen LogP contribution is -2.28. The Balaban J connectivity index is 2.75. The Morgan fingerprint density at radius 3 is 2.74 bits per heavy atom. The highest BCUT2D eigenvalue weighted by Gasteiger charge is 2.19. The summed E-state index contributed by atoms with van der Waals surface area (Å²) in [6.07, 6.45) is 0. The number of nitrogens with one attached hydrogen (secondary N) is 1. The van der Waals surface area contributed by atoms with Crippen LogP contribution in [-0.4, -0.2) is 39.9 Å². The van der Waals surface area contributed by atoms with Crippen molar-refractivity contribution in [1.29, 1.82) is 0 Å². The molecule has 0 radical (unpaired) electrons. The number of aliphatic hydroxyl groups is 1. The zero-order valence-corrected chi connectivity index (χ0v) is 11.5. The van der Waals surface area contributed by atoms with E-state index in [4.69, 9.17) is 27.2 Å². The molecule has 0 saturated heterocycles. The lowest BCUT2D eigenvalue weighted by atomic mass is 10.3. The second-order valence-electron chi connectivity index (χ2n) is 3.54. The molecule has 4 N–H and O–H groups in total. The molecule has 0 amide bonds. The van der Waals surface area contributed by atoms with Gasteiger partial charge in [0.15, 0.2) is 0 Å². The summed E-state index contributed by atoms with van der Waals surface area (Å²) >= 11 is 5.67. The van der Waals surface area contributed by atoms with Crippen LogP contribution in [0, 0.1) is 5.82 Å². The lowest BCUT2D eigenvalue weighted by Gasteiger charge is -2.09. The molecule has 1 aromatic carbocycles. The molecule has 108 valence electrons. The number of halogens is 2. The predicted octanol–water partition coefficient (Wildman–Crippen LogP) is 0.349. The highest BCUT2D eigenvalue weighted by molar-refractivity contribution is 7.89. The van der Waals surface area contributed by atoms with E-state index in [1.165, 1.54) is 0 Å². The fourth-order valence-electron chi connectivity index (χ4n) is 1.24. The van der Waals surface area contributed by atoms with Crippen molar-refractivity contribution >= 4 is 27.3 Å². The number of benzene rings is 1. The second-order valence-corrected chi connectivity index (χ2v) is 5.68. The number of sulfonamides is 1. The maximum absolute atomic E-state index is 13.1. The zero-order valence-electron chi connectivity index (χ0n) is 9.90. The van der Waals surface area contributed by atoms with E-state index >= 15 is 0 Å². The molecule has 9 heteroatoms. The molecule has 0 atom stereocenters. The molecular formula is C10H14ClFN2O4S. The van der Waals surface area contributed by atoms with Gasteiger partial charge in [-0.2, -0.15) is 0 Å². The summed E-state index contributed by atoms with van der Waals surface area (Å²) in [4.78, 5) is -0.296. The van der Waals surface area contributed by atoms with Gasteiger partial charge in [-0.3, -0.25) is 0 Å². The Morgan fingerprint density at radius 1 is 1.42 bits per heavy atom. The van der Waals surface area contributed by atoms with Gasteiger partial charge in [0.25, 0.3) is 0 Å². The lowest BCUT2D eigenvalue weighted by molar-refractivity contribution is 0.0961. The summed E-state index contributed by atoms with van der Waals surface area (Å²) in [5.74, 6) is -0.782. The van der Waals surface area contributed by atoms with Crippen LogP contribution in [-0.2, 0) is 14.8 Å². The summed E-state index contributed by atoms with van der Waals surface area (Å²) in [6, 6.07) is 1.79. The van der Waals surface area contributed by atoms with Crippen molar-refractivity contribution in [1.82, 2.24) is 4.72 Å². The molecule has 0 unspecified atom stereocenters. The van der Waals surface area contributed by atoms with Gasteiger partial charge in [-0.05, 0) is 12.1 Å². The molecular weight excluding hydrogens is 299 g/mol. The van der Waals surface area contributed by atoms with Crippen LogP contribution in [0.4, 0.5) is 10.1 Å². The van der Waals surface area contributed by atoms with Crippen LogP contribution in [0.5, 0.6) is 0 Å². The maximum Gasteiger partial charge on any atom is 0.242 e. The third-order valence-corrected chi connectivity index (χ3v) is 4.04. The highest BCUT2D eigenvalue weighted by atomic mass is 35.5. The van der Waals surface area contributed by atoms with Crippen molar-refractivity contribution in [3.8, 4) is 0 Å². The van der Waals surface area contributed by atoms with Crippen molar-refractivity contribution < 1.29 is 22.7 Å². The molecule has 0 saturated carbocycles. The van der Waals surface area contributed by atoms with Crippen molar-refractivity contribution in [3.05, 3.63) is 23.0 Å². The van der Waals surface area contributed by atoms with Gasteiger partial charge in [-0.15, -0.1) is 0 Å². The molecule has 0 bridgehead atoms. The van der Waals surface area contributed by atoms with Gasteiger partial charge in [0, 0.05) is 6.54 Å². The first-order valence-electron chi connectivity index (χ1n) is 5.31. The minimum Gasteiger partial charge on any atom is -0.396 e. The molecule has 1 rings (SSSR count). The first kappa shape index (κ1) is 16.1. The third-order valence-electron chi connectivity index (χ3n) is 2.11. The predicted molar refractivity (Wildman–Crippen MR) is 68.9 cm³/mol. The van der Waals surface area contributed by atoms with Crippen LogP contribution < -0.4 is 10.5 Å². The highest BCUT2D eigenvalue weighted by Crippen LogP contribution is 2.25. The van der Waals surface area contributed by atoms with Crippen molar-refractivity contribution in [2.24, 2.45) is 0 Å². The fourth-order valence-corrected chi connectivity index (χ4v) is 2.80. The van der Waals surface area contributed by atoms with Gasteiger partial charge in [0.2, 0.25) is 10.0 Å². The molecule has 0 spiro atoms. The molecule has 1 aromatic rings. The van der Waals surface area contributed by atoms with Crippen LogP contribution in [0.25, 0.3) is 0 Å². The van der Waals surface area contributed by atoms with E-state index in [1.54, 1.807) is 0 Å². The summed E-state index contributed by atoms with van der Waals surface area (Å²) in [6.45, 7) is 0.0586. The average Bonchev–Trinajstić information content (AvgIpc) is 2.33. The number of nitrogen functional groups attached to an aromatic ring is 1. The van der Waals surface area contributed by atoms with Crippen LogP contribution >= 0.6 is 11.6 Å². The van der Waals surface area contributed by atoms with E-state index in [1.807, 2.05) is 0 Å². The number of nitrogens with two attached hydrogens (primary N) is 1. The molecule has 0 heterocycles. The Labute approximate surface area is 115 Å². The third kappa shape index (κ3) is 4.59. The van der Waals surface area contributed by atoms with Crippen LogP contribution in [0.3, 0.4) is 0 Å². The van der Waals surface area contributed by atoms with E-state index < -0.39 is 15.8 Å². The Kier molecular flexibility index (Phi) is 5.95. The van der Waals surface area contributed by atoms with Crippen LogP contribution in [0.2, 0.25) is 5.02 Å². The van der Waals surface area contributed by atoms with E-state index in [-0.39, 0.29) is 42.0 Å². The average molecular weight is 313 g/mol. The first-order valence-corrected chi connectivity index (χ1v) is 7.17. The number of ether oxygens (including phenoxy) is 1. The van der Waals surface area contributed by atoms with E-state index in [9.17, 15) is 12.8 Å². The SMILES string of the molecule is Nc1cc(S(=O)(=O)NCCOCCO)c(Cl)cc1F. The molecule has 19 heavy (non-hydrogen) atoms. The normalized spacial score (nSPS) is 11.7. The quantitative estimate of drug-likeness (QED) is 0.498. The minimum atomic E-state index is -3.89. The smallest absolute Gasteiger partial charge is 0.242 e. The van der Waals surface area contributed by atoms with Crippen molar-refractivity contribution in [3.63, 3.8) is 0 Å². The Morgan fingerprint density at radius 2 is 2.11 bits per heavy atom. The minimum absolute atomic E-state index is 0.00402. The number of aliphatic hydroxyl groups excluding tert-OH is 1. The van der Waals surface area contributed by atoms with E-state index in [0.717, 1.165) is 12.1 Å². The van der Waals surface area contributed by atoms with Crippen molar-refractivity contribution in [2.45, 2.75) is 4.90 Å². The first-order chi connectivity index (χ1) is 8.88. The number of rotatable bonds is 7. The van der Waals surface area contributed by atoms with Gasteiger partial charge < -0.3 is 15.6 Å². The molecule has 0 aliphatic heterocycles. The van der Waals surface area contributed by atoms with Crippen molar-refractivity contribution in [2.75, 3.05) is 32.1 Å². The molecule has 0 aliphatic carbocycles. The van der Waals surface area contributed by atoms with E-state index in [0.29, 0.717) is 0 Å². The van der Waals surface area contributed by atoms with Crippen LogP contribution in [0.15, 0.2) is 17.0 Å². The molecule has 0 aromatic heterocycles. The largest absolute Gasteiger partial charge is 0.396 e. The number of hydrogen-bond donors (Lipinski definition) is 3. The Hall–Kier alpha value is -0.930. The number of anilines is 1. The standard InChI is InChI=1S/C10H14ClFN2O4S/c11-7-5-8(12)9(13)6-10(7)19(16,17)14-1-3-18-4-2-15/h5-6,14-15H,1-4,13H2. The summed E-state index contributed by atoms with van der Waals surface area (Å²) in [5.41, 5.74) is 5.00. The van der Waals surface area contributed by atoms with Gasteiger partial charge in [-0.25, -0.2) is 17.5 Å². The van der Waals surface area contributed by atoms with Gasteiger partial charge in [-0.1, -0.05) is 11.6 Å². The number of hydrogen-bond acceptors (Lipinski definition) is 5. The summed E-state index contributed by atoms with van der Waals surface area (Å²) in [7, 11) is -3.89.